The fraction of sp³-hybridized carbons (Fsp3) is 0.533. The maximum Gasteiger partial charge on any atom is 0.301 e. The van der Waals surface area contributed by atoms with E-state index in [2.05, 4.69) is 10.0 Å². The van der Waals surface area contributed by atoms with Crippen LogP contribution >= 0.6 is 0 Å². The number of hydrogen-bond acceptors (Lipinski definition) is 3. The summed E-state index contributed by atoms with van der Waals surface area (Å²) in [7, 11) is -2.11. The van der Waals surface area contributed by atoms with Gasteiger partial charge >= 0.3 is 10.2 Å². The number of hydrogen-bond donors (Lipinski definition) is 2. The summed E-state index contributed by atoms with van der Waals surface area (Å²) in [6.07, 6.45) is 3.86. The Hall–Kier alpha value is -1.60. The first-order valence-electron chi connectivity index (χ1n) is 7.55. The van der Waals surface area contributed by atoms with Crippen LogP contribution < -0.4 is 10.0 Å². The van der Waals surface area contributed by atoms with Gasteiger partial charge in [-0.1, -0.05) is 25.0 Å². The lowest BCUT2D eigenvalue weighted by Gasteiger charge is -2.22. The Morgan fingerprint density at radius 3 is 2.36 bits per heavy atom. The summed E-state index contributed by atoms with van der Waals surface area (Å²) in [5.74, 6) is -0.299. The Labute approximate surface area is 132 Å². The van der Waals surface area contributed by atoms with Crippen molar-refractivity contribution in [3.05, 3.63) is 29.3 Å². The van der Waals surface area contributed by atoms with Gasteiger partial charge in [-0.2, -0.15) is 12.7 Å². The highest BCUT2D eigenvalue weighted by Gasteiger charge is 2.25. The predicted molar refractivity (Wildman–Crippen MR) is 87.2 cm³/mol. The van der Waals surface area contributed by atoms with Crippen molar-refractivity contribution in [1.82, 2.24) is 9.62 Å². The van der Waals surface area contributed by atoms with Crippen LogP contribution in [0, 0.1) is 6.92 Å². The van der Waals surface area contributed by atoms with E-state index in [1.807, 2.05) is 0 Å². The summed E-state index contributed by atoms with van der Waals surface area (Å²) >= 11 is 0. The minimum absolute atomic E-state index is 0.299. The summed E-state index contributed by atoms with van der Waals surface area (Å²) in [6, 6.07) is 5.14. The van der Waals surface area contributed by atoms with Gasteiger partial charge in [0.15, 0.2) is 0 Å². The molecule has 1 fully saturated rings. The number of carbonyl (C=O) groups excluding carboxylic acids is 1. The average Bonchev–Trinajstić information content (AvgIpc) is 2.76. The topological polar surface area (TPSA) is 78.5 Å². The molecule has 22 heavy (non-hydrogen) atoms. The standard InChI is InChI=1S/C15H23N3O3S/c1-12-8-7-9-13(14(12)15(19)16-2)17-22(20,21)18-10-5-3-4-6-11-18/h7-9,17H,3-6,10-11H2,1-2H3,(H,16,19). The minimum atomic E-state index is -3.64. The van der Waals surface area contributed by atoms with Crippen LogP contribution in [0.2, 0.25) is 0 Å². The highest BCUT2D eigenvalue weighted by Crippen LogP contribution is 2.22. The highest BCUT2D eigenvalue weighted by molar-refractivity contribution is 7.90. The van der Waals surface area contributed by atoms with Gasteiger partial charge in [0.1, 0.15) is 0 Å². The molecule has 0 atom stereocenters. The quantitative estimate of drug-likeness (QED) is 0.887. The number of nitrogens with one attached hydrogen (secondary N) is 2. The van der Waals surface area contributed by atoms with Crippen LogP contribution in [0.4, 0.5) is 5.69 Å². The van der Waals surface area contributed by atoms with Crippen molar-refractivity contribution in [2.75, 3.05) is 24.9 Å². The Balaban J connectivity index is 2.29. The smallest absolute Gasteiger partial charge is 0.301 e. The second-order valence-electron chi connectivity index (χ2n) is 5.50. The van der Waals surface area contributed by atoms with E-state index in [1.54, 1.807) is 25.1 Å². The van der Waals surface area contributed by atoms with Gasteiger partial charge in [0, 0.05) is 20.1 Å². The normalized spacial score (nSPS) is 16.8. The van der Waals surface area contributed by atoms with E-state index >= 15 is 0 Å². The summed E-state index contributed by atoms with van der Waals surface area (Å²) in [6.45, 7) is 2.83. The van der Waals surface area contributed by atoms with E-state index in [1.165, 1.54) is 11.4 Å². The number of benzene rings is 1. The maximum atomic E-state index is 12.6. The number of aryl methyl sites for hydroxylation is 1. The van der Waals surface area contributed by atoms with Gasteiger partial charge in [-0.3, -0.25) is 9.52 Å². The molecular formula is C15H23N3O3S. The lowest BCUT2D eigenvalue weighted by atomic mass is 10.1. The Morgan fingerprint density at radius 2 is 1.77 bits per heavy atom. The van der Waals surface area contributed by atoms with Gasteiger partial charge in [0.2, 0.25) is 0 Å². The van der Waals surface area contributed by atoms with Crippen molar-refractivity contribution in [3.8, 4) is 0 Å². The van der Waals surface area contributed by atoms with Crippen molar-refractivity contribution in [2.24, 2.45) is 0 Å². The van der Waals surface area contributed by atoms with Crippen molar-refractivity contribution >= 4 is 21.8 Å². The molecule has 0 bridgehead atoms. The lowest BCUT2D eigenvalue weighted by molar-refractivity contribution is 0.0963. The van der Waals surface area contributed by atoms with Crippen molar-refractivity contribution < 1.29 is 13.2 Å². The van der Waals surface area contributed by atoms with E-state index < -0.39 is 10.2 Å². The second kappa shape index (κ2) is 7.11. The maximum absolute atomic E-state index is 12.6. The molecule has 0 saturated carbocycles. The SMILES string of the molecule is CNC(=O)c1c(C)cccc1NS(=O)(=O)N1CCCCCC1. The molecule has 1 aromatic rings. The van der Waals surface area contributed by atoms with Gasteiger partial charge in [0.05, 0.1) is 11.3 Å². The predicted octanol–water partition coefficient (Wildman–Crippen LogP) is 1.89. The zero-order valence-electron chi connectivity index (χ0n) is 13.1. The van der Waals surface area contributed by atoms with E-state index in [4.69, 9.17) is 0 Å². The summed E-state index contributed by atoms with van der Waals surface area (Å²) in [5.41, 5.74) is 1.42. The molecule has 0 aliphatic carbocycles. The summed E-state index contributed by atoms with van der Waals surface area (Å²) < 4.78 is 29.2. The molecule has 0 radical (unpaired) electrons. The fourth-order valence-corrected chi connectivity index (χ4v) is 3.98. The number of amides is 1. The van der Waals surface area contributed by atoms with Crippen molar-refractivity contribution in [2.45, 2.75) is 32.6 Å². The second-order valence-corrected chi connectivity index (χ2v) is 7.17. The first-order valence-corrected chi connectivity index (χ1v) is 8.99. The Morgan fingerprint density at radius 1 is 1.14 bits per heavy atom. The van der Waals surface area contributed by atoms with Crippen molar-refractivity contribution in [1.29, 1.82) is 0 Å². The van der Waals surface area contributed by atoms with E-state index in [-0.39, 0.29) is 5.91 Å². The molecule has 1 heterocycles. The largest absolute Gasteiger partial charge is 0.355 e. The molecule has 1 aliphatic rings. The Bertz CT molecular complexity index is 635. The lowest BCUT2D eigenvalue weighted by Crippen LogP contribution is -2.37. The zero-order valence-corrected chi connectivity index (χ0v) is 13.9. The molecule has 0 aromatic heterocycles. The molecule has 1 saturated heterocycles. The third-order valence-electron chi connectivity index (χ3n) is 3.87. The molecule has 122 valence electrons. The van der Waals surface area contributed by atoms with Crippen LogP contribution in [0.25, 0.3) is 0 Å². The third kappa shape index (κ3) is 3.78. The number of nitrogens with zero attached hydrogens (tertiary/aromatic N) is 1. The Kier molecular flexibility index (Phi) is 5.42. The van der Waals surface area contributed by atoms with Crippen LogP contribution in [0.1, 0.15) is 41.6 Å². The van der Waals surface area contributed by atoms with Crippen LogP contribution in [0.15, 0.2) is 18.2 Å². The van der Waals surface area contributed by atoms with Gasteiger partial charge in [-0.05, 0) is 31.4 Å². The molecule has 0 spiro atoms. The molecule has 6 nitrogen and oxygen atoms in total. The number of rotatable bonds is 4. The third-order valence-corrected chi connectivity index (χ3v) is 5.39. The molecule has 7 heteroatoms. The van der Waals surface area contributed by atoms with Gasteiger partial charge in [-0.15, -0.1) is 0 Å². The van der Waals surface area contributed by atoms with Crippen molar-refractivity contribution in [3.63, 3.8) is 0 Å². The van der Waals surface area contributed by atoms with Crippen LogP contribution in [0.5, 0.6) is 0 Å². The molecule has 0 unspecified atom stereocenters. The monoisotopic (exact) mass is 325 g/mol. The van der Waals surface area contributed by atoms with E-state index in [9.17, 15) is 13.2 Å². The molecule has 2 rings (SSSR count). The number of carbonyl (C=O) groups is 1. The average molecular weight is 325 g/mol. The van der Waals surface area contributed by atoms with Gasteiger partial charge in [0.25, 0.3) is 5.91 Å². The van der Waals surface area contributed by atoms with E-state index in [0.29, 0.717) is 24.3 Å². The van der Waals surface area contributed by atoms with Gasteiger partial charge in [-0.25, -0.2) is 0 Å². The van der Waals surface area contributed by atoms with Gasteiger partial charge < -0.3 is 5.32 Å². The molecule has 1 aromatic carbocycles. The highest BCUT2D eigenvalue weighted by atomic mass is 32.2. The zero-order chi connectivity index (χ0) is 16.2. The number of anilines is 1. The molecule has 1 aliphatic heterocycles. The van der Waals surface area contributed by atoms with Crippen LogP contribution in [-0.4, -0.2) is 38.8 Å². The van der Waals surface area contributed by atoms with E-state index in [0.717, 1.165) is 31.2 Å². The van der Waals surface area contributed by atoms with Crippen LogP contribution in [0.3, 0.4) is 0 Å². The molecular weight excluding hydrogens is 302 g/mol. The minimum Gasteiger partial charge on any atom is -0.355 e. The molecule has 2 N–H and O–H groups in total. The summed E-state index contributed by atoms with van der Waals surface area (Å²) in [5, 5.41) is 2.55. The fourth-order valence-electron chi connectivity index (χ4n) is 2.66. The molecule has 1 amide bonds. The summed E-state index contributed by atoms with van der Waals surface area (Å²) in [4.78, 5) is 12.0. The first kappa shape index (κ1) is 16.8. The van der Waals surface area contributed by atoms with Crippen LogP contribution in [-0.2, 0) is 10.2 Å². The first-order chi connectivity index (χ1) is 10.5.